The minimum absolute atomic E-state index is 0.214. The highest BCUT2D eigenvalue weighted by Gasteiger charge is 2.60. The second-order valence-corrected chi connectivity index (χ2v) is 4.39. The van der Waals surface area contributed by atoms with Gasteiger partial charge in [-0.05, 0) is 5.56 Å². The third-order valence-electron chi connectivity index (χ3n) is 3.43. The van der Waals surface area contributed by atoms with E-state index >= 15 is 0 Å². The molecule has 2 N–H and O–H groups in total. The van der Waals surface area contributed by atoms with Crippen LogP contribution in [0.4, 0.5) is 0 Å². The van der Waals surface area contributed by atoms with Crippen molar-refractivity contribution in [1.29, 1.82) is 0 Å². The van der Waals surface area contributed by atoms with Crippen LogP contribution in [-0.4, -0.2) is 41.2 Å². The van der Waals surface area contributed by atoms with E-state index in [1.807, 2.05) is 30.3 Å². The van der Waals surface area contributed by atoms with Crippen molar-refractivity contribution >= 4 is 0 Å². The molecule has 2 saturated heterocycles. The Balaban J connectivity index is 1.92. The van der Waals surface area contributed by atoms with Crippen molar-refractivity contribution < 1.29 is 19.7 Å². The second kappa shape index (κ2) is 3.53. The summed E-state index contributed by atoms with van der Waals surface area (Å²) in [6, 6.07) is 9.64. The number of rotatable bonds is 2. The summed E-state index contributed by atoms with van der Waals surface area (Å²) >= 11 is 0. The zero-order valence-corrected chi connectivity index (χ0v) is 8.74. The second-order valence-electron chi connectivity index (χ2n) is 4.39. The van der Waals surface area contributed by atoms with Crippen LogP contribution in [0.3, 0.4) is 0 Å². The molecule has 0 radical (unpaired) electrons. The summed E-state index contributed by atoms with van der Waals surface area (Å²) in [5.41, 5.74) is 0.0483. The lowest BCUT2D eigenvalue weighted by Crippen LogP contribution is -2.43. The molecule has 0 aromatic heterocycles. The predicted molar refractivity (Wildman–Crippen MR) is 55.8 cm³/mol. The first kappa shape index (κ1) is 10.2. The topological polar surface area (TPSA) is 58.9 Å². The number of aliphatic hydroxyl groups is 2. The summed E-state index contributed by atoms with van der Waals surface area (Å²) in [5, 5.41) is 19.3. The van der Waals surface area contributed by atoms with Crippen molar-refractivity contribution in [2.45, 2.75) is 23.9 Å². The minimum Gasteiger partial charge on any atom is -0.393 e. The molecule has 0 aliphatic carbocycles. The maximum atomic E-state index is 10.0. The fraction of sp³-hybridized carbons (Fsp3) is 0.500. The van der Waals surface area contributed by atoms with Crippen molar-refractivity contribution in [3.63, 3.8) is 0 Å². The van der Waals surface area contributed by atoms with Gasteiger partial charge in [-0.25, -0.2) is 0 Å². The Labute approximate surface area is 93.4 Å². The van der Waals surface area contributed by atoms with Gasteiger partial charge in [0.05, 0.1) is 13.2 Å². The molecule has 16 heavy (non-hydrogen) atoms. The van der Waals surface area contributed by atoms with Gasteiger partial charge in [-0.2, -0.15) is 0 Å². The molecule has 0 spiro atoms. The van der Waals surface area contributed by atoms with Gasteiger partial charge in [-0.1, -0.05) is 30.3 Å². The molecule has 1 aromatic carbocycles. The quantitative estimate of drug-likeness (QED) is 0.753. The van der Waals surface area contributed by atoms with Crippen LogP contribution in [0.2, 0.25) is 0 Å². The first-order valence-corrected chi connectivity index (χ1v) is 5.40. The number of hydrogen-bond donors (Lipinski definition) is 2. The molecule has 2 heterocycles. The lowest BCUT2D eigenvalue weighted by atomic mass is 9.98. The molecular formula is C12H14O4. The van der Waals surface area contributed by atoms with E-state index in [0.717, 1.165) is 5.56 Å². The average molecular weight is 222 g/mol. The molecule has 0 unspecified atom stereocenters. The smallest absolute Gasteiger partial charge is 0.144 e. The fourth-order valence-electron chi connectivity index (χ4n) is 2.47. The van der Waals surface area contributed by atoms with Gasteiger partial charge in [0.1, 0.15) is 23.9 Å². The molecule has 86 valence electrons. The third-order valence-corrected chi connectivity index (χ3v) is 3.43. The van der Waals surface area contributed by atoms with Gasteiger partial charge in [-0.3, -0.25) is 0 Å². The van der Waals surface area contributed by atoms with Crippen molar-refractivity contribution in [3.05, 3.63) is 35.9 Å². The first-order chi connectivity index (χ1) is 7.77. The molecule has 4 nitrogen and oxygen atoms in total. The molecule has 1 aromatic rings. The van der Waals surface area contributed by atoms with Crippen LogP contribution in [0.25, 0.3) is 0 Å². The Bertz CT molecular complexity index is 380. The monoisotopic (exact) mass is 222 g/mol. The van der Waals surface area contributed by atoms with Crippen LogP contribution < -0.4 is 0 Å². The van der Waals surface area contributed by atoms with E-state index in [1.165, 1.54) is 0 Å². The number of fused-ring (bicyclic) bond motifs is 2. The van der Waals surface area contributed by atoms with Gasteiger partial charge < -0.3 is 19.7 Å². The molecule has 2 aliphatic heterocycles. The third kappa shape index (κ3) is 1.25. The maximum absolute atomic E-state index is 10.0. The van der Waals surface area contributed by atoms with E-state index in [1.54, 1.807) is 0 Å². The summed E-state index contributed by atoms with van der Waals surface area (Å²) in [6.45, 7) is 0.0483. The highest BCUT2D eigenvalue weighted by Crippen LogP contribution is 2.46. The van der Waals surface area contributed by atoms with E-state index in [4.69, 9.17) is 9.47 Å². The average Bonchev–Trinajstić information content (AvgIpc) is 2.82. The van der Waals surface area contributed by atoms with Crippen molar-refractivity contribution in [1.82, 2.24) is 0 Å². The zero-order valence-electron chi connectivity index (χ0n) is 8.74. The van der Waals surface area contributed by atoms with Crippen LogP contribution >= 0.6 is 0 Å². The van der Waals surface area contributed by atoms with Gasteiger partial charge in [-0.15, -0.1) is 0 Å². The van der Waals surface area contributed by atoms with Crippen LogP contribution in [-0.2, 0) is 9.47 Å². The molecule has 2 bridgehead atoms. The van der Waals surface area contributed by atoms with E-state index < -0.39 is 11.7 Å². The molecule has 0 saturated carbocycles. The van der Waals surface area contributed by atoms with Crippen molar-refractivity contribution in [2.75, 3.05) is 13.2 Å². The highest BCUT2D eigenvalue weighted by atomic mass is 16.6. The Kier molecular flexibility index (Phi) is 2.26. The summed E-state index contributed by atoms with van der Waals surface area (Å²) in [7, 11) is 0. The molecule has 3 rings (SSSR count). The molecule has 4 atom stereocenters. The fourth-order valence-corrected chi connectivity index (χ4v) is 2.47. The lowest BCUT2D eigenvalue weighted by molar-refractivity contribution is -0.163. The molecule has 2 aliphatic rings. The Hall–Kier alpha value is -0.940. The standard InChI is InChI=1S/C12H14O4/c13-6-12-7-15-10(11(12)14)9(16-12)8-4-2-1-3-5-8/h1-5,9-11,13-14H,6-7H2/t9-,10+,11+,12+/m0/s1. The summed E-state index contributed by atoms with van der Waals surface area (Å²) in [4.78, 5) is 0. The molecular weight excluding hydrogens is 208 g/mol. The van der Waals surface area contributed by atoms with Crippen LogP contribution in [0, 0.1) is 0 Å². The summed E-state index contributed by atoms with van der Waals surface area (Å²) in [5.74, 6) is 0. The van der Waals surface area contributed by atoms with Gasteiger partial charge in [0.2, 0.25) is 0 Å². The predicted octanol–water partition coefficient (Wildman–Crippen LogP) is 0.249. The van der Waals surface area contributed by atoms with Gasteiger partial charge in [0, 0.05) is 0 Å². The Morgan fingerprint density at radius 1 is 1.31 bits per heavy atom. The van der Waals surface area contributed by atoms with Crippen LogP contribution in [0.5, 0.6) is 0 Å². The first-order valence-electron chi connectivity index (χ1n) is 5.40. The largest absolute Gasteiger partial charge is 0.393 e. The number of hydrogen-bond acceptors (Lipinski definition) is 4. The van der Waals surface area contributed by atoms with Crippen molar-refractivity contribution in [2.24, 2.45) is 0 Å². The van der Waals surface area contributed by atoms with Gasteiger partial charge in [0.25, 0.3) is 0 Å². The zero-order chi connectivity index (χ0) is 11.2. The Morgan fingerprint density at radius 3 is 2.69 bits per heavy atom. The Morgan fingerprint density at radius 2 is 2.06 bits per heavy atom. The normalized spacial score (nSPS) is 41.5. The maximum Gasteiger partial charge on any atom is 0.144 e. The van der Waals surface area contributed by atoms with Gasteiger partial charge >= 0.3 is 0 Å². The SMILES string of the molecule is OC[C@@]12CO[C@@H]([C@H]1O)[C@H](c1ccccc1)O2. The number of benzene rings is 1. The summed E-state index contributed by atoms with van der Waals surface area (Å²) < 4.78 is 11.3. The number of ether oxygens (including phenoxy) is 2. The number of aliphatic hydroxyl groups excluding tert-OH is 2. The van der Waals surface area contributed by atoms with E-state index in [0.29, 0.717) is 0 Å². The van der Waals surface area contributed by atoms with Gasteiger partial charge in [0.15, 0.2) is 0 Å². The highest BCUT2D eigenvalue weighted by molar-refractivity contribution is 5.23. The lowest BCUT2D eigenvalue weighted by Gasteiger charge is -2.29. The van der Waals surface area contributed by atoms with Crippen LogP contribution in [0.15, 0.2) is 30.3 Å². The van der Waals surface area contributed by atoms with E-state index in [2.05, 4.69) is 0 Å². The van der Waals surface area contributed by atoms with E-state index in [9.17, 15) is 10.2 Å². The molecule has 0 amide bonds. The molecule has 2 fully saturated rings. The molecule has 4 heteroatoms. The van der Waals surface area contributed by atoms with Crippen LogP contribution in [0.1, 0.15) is 11.7 Å². The summed E-state index contributed by atoms with van der Waals surface area (Å²) in [6.07, 6.45) is -1.39. The van der Waals surface area contributed by atoms with Crippen molar-refractivity contribution in [3.8, 4) is 0 Å². The minimum atomic E-state index is -0.925. The van der Waals surface area contributed by atoms with E-state index in [-0.39, 0.29) is 25.4 Å².